The molecule has 1 N–H and O–H groups in total. The topological polar surface area (TPSA) is 56.5 Å². The molecule has 1 aliphatic heterocycles. The van der Waals surface area contributed by atoms with Crippen LogP contribution in [0.25, 0.3) is 0 Å². The van der Waals surface area contributed by atoms with Gasteiger partial charge in [-0.15, -0.1) is 0 Å². The quantitative estimate of drug-likeness (QED) is 0.909. The third-order valence-electron chi connectivity index (χ3n) is 2.96. The number of benzene rings is 1. The molecule has 1 aromatic carbocycles. The summed E-state index contributed by atoms with van der Waals surface area (Å²) in [7, 11) is 1.73. The van der Waals surface area contributed by atoms with Crippen molar-refractivity contribution < 1.29 is 14.6 Å². The first-order chi connectivity index (χ1) is 9.08. The molecule has 0 radical (unpaired) electrons. The molecule has 0 fully saturated rings. The summed E-state index contributed by atoms with van der Waals surface area (Å²) in [6.07, 6.45) is 0.619. The number of fused-ring (bicyclic) bond motifs is 1. The summed E-state index contributed by atoms with van der Waals surface area (Å²) in [4.78, 5) is 0. The molecule has 1 aromatic heterocycles. The lowest BCUT2D eigenvalue weighted by molar-refractivity contribution is 0.173. The van der Waals surface area contributed by atoms with Crippen LogP contribution in [0, 0.1) is 0 Å². The van der Waals surface area contributed by atoms with Crippen molar-refractivity contribution in [3.05, 3.63) is 39.1 Å². The van der Waals surface area contributed by atoms with Gasteiger partial charge in [-0.25, -0.2) is 0 Å². The maximum atomic E-state index is 10.4. The number of hydrogen-bond acceptors (Lipinski definition) is 4. The molecule has 0 aliphatic carbocycles. The summed E-state index contributed by atoms with van der Waals surface area (Å²) in [5.41, 5.74) is 1.19. The van der Waals surface area contributed by atoms with E-state index in [0.717, 1.165) is 4.47 Å². The van der Waals surface area contributed by atoms with E-state index in [4.69, 9.17) is 21.1 Å². The zero-order valence-electron chi connectivity index (χ0n) is 9.93. The normalized spacial score (nSPS) is 14.7. The minimum absolute atomic E-state index is 0.181. The Labute approximate surface area is 122 Å². The Morgan fingerprint density at radius 1 is 1.47 bits per heavy atom. The Kier molecular flexibility index (Phi) is 3.16. The second-order valence-corrected chi connectivity index (χ2v) is 5.40. The maximum Gasteiger partial charge on any atom is 0.231 e. The molecule has 0 amide bonds. The van der Waals surface area contributed by atoms with Crippen molar-refractivity contribution in [3.8, 4) is 11.5 Å². The monoisotopic (exact) mass is 344 g/mol. The summed E-state index contributed by atoms with van der Waals surface area (Å²) in [6, 6.07) is 3.52. The molecular formula is C12H10BrClN2O3. The molecule has 3 rings (SSSR count). The highest BCUT2D eigenvalue weighted by Crippen LogP contribution is 2.42. The van der Waals surface area contributed by atoms with Crippen LogP contribution in [0.1, 0.15) is 17.4 Å². The standard InChI is InChI=1S/C12H10BrClN2O3/c1-16-10(8(14)4-15-16)11(17)6-2-7(13)12-9(3-6)18-5-19-12/h2-4,11,17H,5H2,1H3. The predicted molar refractivity (Wildman–Crippen MR) is 72.5 cm³/mol. The van der Waals surface area contributed by atoms with Crippen LogP contribution >= 0.6 is 27.5 Å². The zero-order valence-corrected chi connectivity index (χ0v) is 12.3. The molecule has 0 bridgehead atoms. The number of halogens is 2. The number of ether oxygens (including phenoxy) is 2. The molecule has 1 unspecified atom stereocenters. The highest BCUT2D eigenvalue weighted by Gasteiger charge is 2.24. The summed E-state index contributed by atoms with van der Waals surface area (Å²) in [6.45, 7) is 0.181. The van der Waals surface area contributed by atoms with Gasteiger partial charge in [0.25, 0.3) is 0 Å². The number of hydrogen-bond donors (Lipinski definition) is 1. The number of rotatable bonds is 2. The first-order valence-electron chi connectivity index (χ1n) is 5.52. The zero-order chi connectivity index (χ0) is 13.6. The summed E-state index contributed by atoms with van der Waals surface area (Å²) in [5, 5.41) is 14.9. The average molecular weight is 346 g/mol. The van der Waals surface area contributed by atoms with Crippen molar-refractivity contribution in [2.75, 3.05) is 6.79 Å². The van der Waals surface area contributed by atoms with Gasteiger partial charge in [-0.3, -0.25) is 4.68 Å². The van der Waals surface area contributed by atoms with Crippen LogP contribution in [0.15, 0.2) is 22.8 Å². The van der Waals surface area contributed by atoms with Crippen molar-refractivity contribution in [1.29, 1.82) is 0 Å². The lowest BCUT2D eigenvalue weighted by atomic mass is 10.1. The fraction of sp³-hybridized carbons (Fsp3) is 0.250. The Morgan fingerprint density at radius 2 is 2.26 bits per heavy atom. The van der Waals surface area contributed by atoms with Gasteiger partial charge < -0.3 is 14.6 Å². The van der Waals surface area contributed by atoms with E-state index in [1.165, 1.54) is 6.20 Å². The number of aliphatic hydroxyl groups excluding tert-OH is 1. The molecule has 7 heteroatoms. The van der Waals surface area contributed by atoms with Crippen LogP contribution in [0.4, 0.5) is 0 Å². The lowest BCUT2D eigenvalue weighted by Gasteiger charge is -2.13. The highest BCUT2D eigenvalue weighted by atomic mass is 79.9. The van der Waals surface area contributed by atoms with Gasteiger partial charge in [0.1, 0.15) is 6.10 Å². The molecule has 1 atom stereocenters. The van der Waals surface area contributed by atoms with E-state index in [-0.39, 0.29) is 6.79 Å². The number of aliphatic hydroxyl groups is 1. The van der Waals surface area contributed by atoms with E-state index in [1.807, 2.05) is 0 Å². The van der Waals surface area contributed by atoms with E-state index >= 15 is 0 Å². The van der Waals surface area contributed by atoms with Gasteiger partial charge in [-0.1, -0.05) is 11.6 Å². The summed E-state index contributed by atoms with van der Waals surface area (Å²) >= 11 is 9.43. The van der Waals surface area contributed by atoms with Crippen LogP contribution < -0.4 is 9.47 Å². The van der Waals surface area contributed by atoms with Gasteiger partial charge in [-0.2, -0.15) is 5.10 Å². The number of nitrogens with zero attached hydrogens (tertiary/aromatic N) is 2. The molecule has 0 spiro atoms. The lowest BCUT2D eigenvalue weighted by Crippen LogP contribution is -2.07. The van der Waals surface area contributed by atoms with Crippen molar-refractivity contribution in [3.63, 3.8) is 0 Å². The second-order valence-electron chi connectivity index (χ2n) is 4.14. The number of aryl methyl sites for hydroxylation is 1. The van der Waals surface area contributed by atoms with Crippen molar-refractivity contribution >= 4 is 27.5 Å². The van der Waals surface area contributed by atoms with Gasteiger partial charge in [0.15, 0.2) is 11.5 Å². The molecule has 1 aliphatic rings. The van der Waals surface area contributed by atoms with Gasteiger partial charge in [0.2, 0.25) is 6.79 Å². The summed E-state index contributed by atoms with van der Waals surface area (Å²) in [5.74, 6) is 1.24. The van der Waals surface area contributed by atoms with Crippen LogP contribution in [0.3, 0.4) is 0 Å². The molecule has 0 saturated heterocycles. The molecular weight excluding hydrogens is 336 g/mol. The molecule has 0 saturated carbocycles. The SMILES string of the molecule is Cn1ncc(Cl)c1C(O)c1cc(Br)c2c(c1)OCO2. The minimum Gasteiger partial charge on any atom is -0.454 e. The van der Waals surface area contributed by atoms with Gasteiger partial charge in [0, 0.05) is 7.05 Å². The summed E-state index contributed by atoms with van der Waals surface area (Å²) < 4.78 is 12.9. The van der Waals surface area contributed by atoms with Crippen LogP contribution in [0.2, 0.25) is 5.02 Å². The highest BCUT2D eigenvalue weighted by molar-refractivity contribution is 9.10. The third kappa shape index (κ3) is 2.09. The predicted octanol–water partition coefficient (Wildman–Crippen LogP) is 2.65. The van der Waals surface area contributed by atoms with Gasteiger partial charge in [-0.05, 0) is 33.6 Å². The van der Waals surface area contributed by atoms with E-state index < -0.39 is 6.10 Å². The van der Waals surface area contributed by atoms with Crippen molar-refractivity contribution in [2.45, 2.75) is 6.10 Å². The third-order valence-corrected chi connectivity index (χ3v) is 3.84. The molecule has 5 nitrogen and oxygen atoms in total. The van der Waals surface area contributed by atoms with E-state index in [0.29, 0.717) is 27.8 Å². The van der Waals surface area contributed by atoms with Crippen LogP contribution in [-0.2, 0) is 7.05 Å². The first-order valence-corrected chi connectivity index (χ1v) is 6.69. The maximum absolute atomic E-state index is 10.4. The smallest absolute Gasteiger partial charge is 0.231 e. The molecule has 100 valence electrons. The number of aromatic nitrogens is 2. The molecule has 2 heterocycles. The van der Waals surface area contributed by atoms with Gasteiger partial charge in [0.05, 0.1) is 21.4 Å². The van der Waals surface area contributed by atoms with Crippen LogP contribution in [-0.4, -0.2) is 21.7 Å². The Balaban J connectivity index is 2.06. The van der Waals surface area contributed by atoms with E-state index in [2.05, 4.69) is 21.0 Å². The minimum atomic E-state index is -0.884. The van der Waals surface area contributed by atoms with Crippen molar-refractivity contribution in [2.24, 2.45) is 7.05 Å². The Hall–Kier alpha value is -1.24. The van der Waals surface area contributed by atoms with E-state index in [1.54, 1.807) is 23.9 Å². The molecule has 19 heavy (non-hydrogen) atoms. The average Bonchev–Trinajstić information content (AvgIpc) is 2.96. The fourth-order valence-electron chi connectivity index (χ4n) is 2.03. The molecule has 2 aromatic rings. The van der Waals surface area contributed by atoms with Crippen LogP contribution in [0.5, 0.6) is 11.5 Å². The largest absolute Gasteiger partial charge is 0.454 e. The fourth-order valence-corrected chi connectivity index (χ4v) is 2.87. The first kappa shape index (κ1) is 12.8. The second kappa shape index (κ2) is 4.70. The van der Waals surface area contributed by atoms with E-state index in [9.17, 15) is 5.11 Å². The Morgan fingerprint density at radius 3 is 2.95 bits per heavy atom. The van der Waals surface area contributed by atoms with Gasteiger partial charge >= 0.3 is 0 Å². The Bertz CT molecular complexity index is 625. The van der Waals surface area contributed by atoms with Crippen molar-refractivity contribution in [1.82, 2.24) is 9.78 Å².